The summed E-state index contributed by atoms with van der Waals surface area (Å²) < 4.78 is 16.8. The molecular formula is C18H30O3Si. The molecule has 0 amide bonds. The molecule has 1 aliphatic rings. The van der Waals surface area contributed by atoms with Crippen LogP contribution in [0.1, 0.15) is 43.7 Å². The molecule has 1 aromatic carbocycles. The first-order chi connectivity index (χ1) is 10.5. The van der Waals surface area contributed by atoms with Crippen molar-refractivity contribution < 1.29 is 13.3 Å². The molecule has 4 heteroatoms. The average molecular weight is 323 g/mol. The Labute approximate surface area is 136 Å². The minimum Gasteiger partial charge on any atom is -0.373 e. The van der Waals surface area contributed by atoms with Gasteiger partial charge in [0.05, 0.1) is 0 Å². The summed E-state index contributed by atoms with van der Waals surface area (Å²) in [6.07, 6.45) is 6.70. The fourth-order valence-corrected chi connectivity index (χ4v) is 5.65. The Morgan fingerprint density at radius 3 is 2.09 bits per heavy atom. The largest absolute Gasteiger partial charge is 0.536 e. The van der Waals surface area contributed by atoms with Gasteiger partial charge >= 0.3 is 8.80 Å². The van der Waals surface area contributed by atoms with Crippen LogP contribution in [0.5, 0.6) is 0 Å². The van der Waals surface area contributed by atoms with E-state index in [4.69, 9.17) is 13.3 Å². The molecule has 0 spiro atoms. The summed E-state index contributed by atoms with van der Waals surface area (Å²) in [7, 11) is 2.27. The minimum atomic E-state index is -2.72. The fourth-order valence-electron chi connectivity index (χ4n) is 3.64. The van der Waals surface area contributed by atoms with Gasteiger partial charge in [-0.1, -0.05) is 38.0 Å². The lowest BCUT2D eigenvalue weighted by Crippen LogP contribution is -2.55. The van der Waals surface area contributed by atoms with Crippen LogP contribution >= 0.6 is 0 Å². The van der Waals surface area contributed by atoms with E-state index in [2.05, 4.69) is 32.0 Å². The van der Waals surface area contributed by atoms with E-state index in [1.807, 2.05) is 0 Å². The number of rotatable bonds is 6. The maximum absolute atomic E-state index is 5.60. The summed E-state index contributed by atoms with van der Waals surface area (Å²) in [6.45, 7) is 4.50. The highest BCUT2D eigenvalue weighted by molar-refractivity contribution is 6.75. The first-order valence-electron chi connectivity index (χ1n) is 8.30. The lowest BCUT2D eigenvalue weighted by Gasteiger charge is -2.28. The third-order valence-corrected chi connectivity index (χ3v) is 7.92. The van der Waals surface area contributed by atoms with E-state index in [0.717, 1.165) is 17.0 Å². The summed E-state index contributed by atoms with van der Waals surface area (Å²) in [5.41, 5.74) is 2.63. The maximum Gasteiger partial charge on any atom is 0.536 e. The highest BCUT2D eigenvalue weighted by Crippen LogP contribution is 2.30. The Morgan fingerprint density at radius 1 is 1.00 bits per heavy atom. The van der Waals surface area contributed by atoms with Gasteiger partial charge in [-0.2, -0.15) is 0 Å². The topological polar surface area (TPSA) is 27.7 Å². The number of benzene rings is 1. The Morgan fingerprint density at radius 2 is 1.59 bits per heavy atom. The van der Waals surface area contributed by atoms with Crippen LogP contribution in [0.4, 0.5) is 0 Å². The molecule has 0 saturated heterocycles. The van der Waals surface area contributed by atoms with Gasteiger partial charge in [-0.15, -0.1) is 0 Å². The lowest BCUT2D eigenvalue weighted by atomic mass is 9.80. The van der Waals surface area contributed by atoms with Crippen LogP contribution < -0.4 is 5.19 Å². The smallest absolute Gasteiger partial charge is 0.373 e. The predicted octanol–water partition coefficient (Wildman–Crippen LogP) is 3.45. The second-order valence-electron chi connectivity index (χ2n) is 6.65. The average Bonchev–Trinajstić information content (AvgIpc) is 2.53. The van der Waals surface area contributed by atoms with Crippen LogP contribution in [0, 0.1) is 18.8 Å². The van der Waals surface area contributed by atoms with E-state index < -0.39 is 8.80 Å². The molecule has 0 N–H and O–H groups in total. The van der Waals surface area contributed by atoms with Gasteiger partial charge in [0, 0.05) is 26.5 Å². The molecular weight excluding hydrogens is 292 g/mol. The zero-order chi connectivity index (χ0) is 16.2. The van der Waals surface area contributed by atoms with E-state index in [1.54, 1.807) is 21.3 Å². The van der Waals surface area contributed by atoms with E-state index >= 15 is 0 Å². The Kier molecular flexibility index (Phi) is 6.21. The molecule has 0 radical (unpaired) electrons. The Bertz CT molecular complexity index is 469. The summed E-state index contributed by atoms with van der Waals surface area (Å²) in [6, 6.07) is 6.64. The van der Waals surface area contributed by atoms with E-state index in [-0.39, 0.29) is 0 Å². The van der Waals surface area contributed by atoms with Crippen molar-refractivity contribution in [3.8, 4) is 0 Å². The van der Waals surface area contributed by atoms with Crippen LogP contribution in [0.15, 0.2) is 18.2 Å². The second-order valence-corrected chi connectivity index (χ2v) is 9.52. The Hall–Kier alpha value is -0.683. The highest BCUT2D eigenvalue weighted by atomic mass is 28.4. The van der Waals surface area contributed by atoms with Crippen molar-refractivity contribution in [2.45, 2.75) is 46.0 Å². The summed E-state index contributed by atoms with van der Waals surface area (Å²) in [4.78, 5) is 0. The molecule has 2 rings (SSSR count). The van der Waals surface area contributed by atoms with Gasteiger partial charge in [-0.3, -0.25) is 0 Å². The van der Waals surface area contributed by atoms with Gasteiger partial charge in [0.15, 0.2) is 0 Å². The highest BCUT2D eigenvalue weighted by Gasteiger charge is 2.41. The standard InChI is InChI=1S/C18H30O3Si/c1-14-6-8-16(9-7-14)13-17-10-11-18(15(2)12-17)22(19-3,20-4)21-5/h10-12,14,16H,6-9,13H2,1-5H3. The molecule has 1 aromatic rings. The fraction of sp³-hybridized carbons (Fsp3) is 0.667. The first kappa shape index (κ1) is 17.7. The van der Waals surface area contributed by atoms with Crippen molar-refractivity contribution in [2.75, 3.05) is 21.3 Å². The monoisotopic (exact) mass is 322 g/mol. The maximum atomic E-state index is 5.60. The molecule has 124 valence electrons. The van der Waals surface area contributed by atoms with Gasteiger partial charge in [0.2, 0.25) is 0 Å². The van der Waals surface area contributed by atoms with Gasteiger partial charge in [-0.25, -0.2) is 0 Å². The molecule has 0 unspecified atom stereocenters. The van der Waals surface area contributed by atoms with Crippen molar-refractivity contribution >= 4 is 14.0 Å². The van der Waals surface area contributed by atoms with Crippen LogP contribution in [0.25, 0.3) is 0 Å². The number of hydrogen-bond acceptors (Lipinski definition) is 3. The van der Waals surface area contributed by atoms with Crippen molar-refractivity contribution in [3.63, 3.8) is 0 Å². The molecule has 0 bridgehead atoms. The lowest BCUT2D eigenvalue weighted by molar-refractivity contribution is 0.140. The zero-order valence-corrected chi connectivity index (χ0v) is 15.6. The van der Waals surface area contributed by atoms with Crippen LogP contribution in [-0.2, 0) is 19.7 Å². The predicted molar refractivity (Wildman–Crippen MR) is 92.4 cm³/mol. The molecule has 1 fully saturated rings. The molecule has 22 heavy (non-hydrogen) atoms. The summed E-state index contributed by atoms with van der Waals surface area (Å²) in [5.74, 6) is 1.76. The quantitative estimate of drug-likeness (QED) is 0.751. The SMILES string of the molecule is CO[Si](OC)(OC)c1ccc(CC2CCC(C)CC2)cc1C. The third-order valence-electron chi connectivity index (χ3n) is 5.09. The van der Waals surface area contributed by atoms with E-state index in [0.29, 0.717) is 0 Å². The van der Waals surface area contributed by atoms with E-state index in [1.165, 1.54) is 43.2 Å². The van der Waals surface area contributed by atoms with Gasteiger partial charge in [-0.05, 0) is 49.1 Å². The first-order valence-corrected chi connectivity index (χ1v) is 10.0. The van der Waals surface area contributed by atoms with Crippen molar-refractivity contribution in [2.24, 2.45) is 11.8 Å². The molecule has 0 atom stereocenters. The Balaban J connectivity index is 2.12. The molecule has 0 heterocycles. The van der Waals surface area contributed by atoms with Crippen molar-refractivity contribution in [1.82, 2.24) is 0 Å². The molecule has 1 aliphatic carbocycles. The molecule has 0 aromatic heterocycles. The second kappa shape index (κ2) is 7.73. The summed E-state index contributed by atoms with van der Waals surface area (Å²) >= 11 is 0. The minimum absolute atomic E-state index is 0.843. The van der Waals surface area contributed by atoms with Crippen LogP contribution in [0.2, 0.25) is 0 Å². The van der Waals surface area contributed by atoms with Crippen LogP contribution in [-0.4, -0.2) is 30.1 Å². The van der Waals surface area contributed by atoms with Gasteiger partial charge < -0.3 is 13.3 Å². The number of hydrogen-bond donors (Lipinski definition) is 0. The van der Waals surface area contributed by atoms with Crippen molar-refractivity contribution in [1.29, 1.82) is 0 Å². The van der Waals surface area contributed by atoms with E-state index in [9.17, 15) is 0 Å². The van der Waals surface area contributed by atoms with Crippen molar-refractivity contribution in [3.05, 3.63) is 29.3 Å². The van der Waals surface area contributed by atoms with Gasteiger partial charge in [0.1, 0.15) is 0 Å². The van der Waals surface area contributed by atoms with Crippen LogP contribution in [0.3, 0.4) is 0 Å². The molecule has 1 saturated carbocycles. The molecule has 0 aliphatic heterocycles. The molecule has 3 nitrogen and oxygen atoms in total. The van der Waals surface area contributed by atoms with Gasteiger partial charge in [0.25, 0.3) is 0 Å². The number of aryl methyl sites for hydroxylation is 1. The zero-order valence-electron chi connectivity index (χ0n) is 14.6. The third kappa shape index (κ3) is 3.80. The summed E-state index contributed by atoms with van der Waals surface area (Å²) in [5, 5.41) is 1.07. The normalized spacial score (nSPS) is 22.8.